The highest BCUT2D eigenvalue weighted by molar-refractivity contribution is 7.99. The number of hydrazone groups is 1. The van der Waals surface area contributed by atoms with Gasteiger partial charge >= 0.3 is 0 Å². The number of nitrogens with one attached hydrogen (secondary N) is 1. The summed E-state index contributed by atoms with van der Waals surface area (Å²) in [7, 11) is 0. The average molecular weight is 299 g/mol. The molecule has 1 aromatic carbocycles. The Morgan fingerprint density at radius 3 is 2.81 bits per heavy atom. The van der Waals surface area contributed by atoms with Crippen molar-refractivity contribution in [3.63, 3.8) is 0 Å². The minimum Gasteiger partial charge on any atom is -0.273 e. The number of carbonyl (C=O) groups is 1. The first-order valence-electron chi connectivity index (χ1n) is 6.66. The molecule has 0 saturated carbocycles. The van der Waals surface area contributed by atoms with E-state index in [0.29, 0.717) is 12.1 Å². The molecule has 0 aliphatic carbocycles. The monoisotopic (exact) mass is 299 g/mol. The van der Waals surface area contributed by atoms with Gasteiger partial charge in [-0.15, -0.1) is 11.8 Å². The summed E-state index contributed by atoms with van der Waals surface area (Å²) < 4.78 is 0. The highest BCUT2D eigenvalue weighted by Crippen LogP contribution is 2.18. The summed E-state index contributed by atoms with van der Waals surface area (Å²) in [5.74, 6) is 0.635. The molecule has 1 aromatic heterocycles. The van der Waals surface area contributed by atoms with Gasteiger partial charge in [-0.25, -0.2) is 5.43 Å². The number of benzene rings is 1. The fraction of sp³-hybridized carbons (Fsp3) is 0.188. The zero-order chi connectivity index (χ0) is 14.9. The van der Waals surface area contributed by atoms with Gasteiger partial charge in [-0.3, -0.25) is 9.78 Å². The first-order valence-corrected chi connectivity index (χ1v) is 7.65. The van der Waals surface area contributed by atoms with Crippen LogP contribution >= 0.6 is 11.8 Å². The molecule has 0 unspecified atom stereocenters. The van der Waals surface area contributed by atoms with E-state index in [1.807, 2.05) is 18.2 Å². The molecule has 1 N–H and O–H groups in total. The number of aryl methyl sites for hydroxylation is 1. The molecule has 5 heteroatoms. The molecular weight excluding hydrogens is 282 g/mol. The zero-order valence-electron chi connectivity index (χ0n) is 11.8. The van der Waals surface area contributed by atoms with Crippen molar-refractivity contribution in [1.29, 1.82) is 0 Å². The van der Waals surface area contributed by atoms with Gasteiger partial charge in [-0.2, -0.15) is 5.10 Å². The Bertz CT molecular complexity index is 597. The highest BCUT2D eigenvalue weighted by Gasteiger charge is 2.00. The molecule has 0 aliphatic rings. The van der Waals surface area contributed by atoms with Crippen LogP contribution in [0.3, 0.4) is 0 Å². The Labute approximate surface area is 128 Å². The Hall–Kier alpha value is -2.14. The number of aromatic nitrogens is 1. The third-order valence-electron chi connectivity index (χ3n) is 2.69. The molecule has 0 aliphatic heterocycles. The Kier molecular flexibility index (Phi) is 5.97. The van der Waals surface area contributed by atoms with E-state index in [-0.39, 0.29) is 5.91 Å². The number of carbonyl (C=O) groups excluding carboxylic acids is 1. The number of nitrogens with zero attached hydrogens (tertiary/aromatic N) is 2. The Balaban J connectivity index is 1.68. The number of hydrogen-bond acceptors (Lipinski definition) is 4. The Morgan fingerprint density at radius 2 is 2.10 bits per heavy atom. The van der Waals surface area contributed by atoms with Gasteiger partial charge in [-0.05, 0) is 31.2 Å². The first kappa shape index (κ1) is 15.3. The molecule has 0 bridgehead atoms. The molecule has 0 atom stereocenters. The number of rotatable bonds is 6. The molecule has 2 aromatic rings. The first-order chi connectivity index (χ1) is 10.2. The van der Waals surface area contributed by atoms with Crippen molar-refractivity contribution in [1.82, 2.24) is 10.4 Å². The van der Waals surface area contributed by atoms with Crippen LogP contribution in [-0.2, 0) is 4.79 Å². The number of hydrogen-bond donors (Lipinski definition) is 1. The van der Waals surface area contributed by atoms with Crippen LogP contribution in [0.25, 0.3) is 0 Å². The highest BCUT2D eigenvalue weighted by atomic mass is 32.2. The second-order valence-corrected chi connectivity index (χ2v) is 5.63. The van der Waals surface area contributed by atoms with Crippen LogP contribution in [0.5, 0.6) is 0 Å². The van der Waals surface area contributed by atoms with Crippen molar-refractivity contribution in [2.24, 2.45) is 5.10 Å². The summed E-state index contributed by atoms with van der Waals surface area (Å²) in [5.41, 5.74) is 4.46. The summed E-state index contributed by atoms with van der Waals surface area (Å²) in [5, 5.41) is 3.88. The maximum absolute atomic E-state index is 11.6. The van der Waals surface area contributed by atoms with Crippen molar-refractivity contribution in [2.45, 2.75) is 18.2 Å². The summed E-state index contributed by atoms with van der Waals surface area (Å²) >= 11 is 1.66. The molecule has 0 radical (unpaired) electrons. The minimum atomic E-state index is -0.0956. The van der Waals surface area contributed by atoms with Crippen molar-refractivity contribution < 1.29 is 4.79 Å². The van der Waals surface area contributed by atoms with Crippen LogP contribution in [0, 0.1) is 6.92 Å². The lowest BCUT2D eigenvalue weighted by atomic mass is 10.2. The van der Waals surface area contributed by atoms with E-state index in [1.165, 1.54) is 16.7 Å². The zero-order valence-corrected chi connectivity index (χ0v) is 12.6. The standard InChI is InChI=1S/C16H17N3OS/c1-13-5-7-15(8-6-13)21-11-9-16(20)19-18-12-14-4-2-3-10-17-14/h2-8,10,12H,9,11H2,1H3,(H,19,20)/b18-12-. The summed E-state index contributed by atoms with van der Waals surface area (Å²) in [6, 6.07) is 13.8. The van der Waals surface area contributed by atoms with Crippen molar-refractivity contribution in [3.8, 4) is 0 Å². The number of pyridine rings is 1. The van der Waals surface area contributed by atoms with Gasteiger partial charge < -0.3 is 0 Å². The topological polar surface area (TPSA) is 54.4 Å². The normalized spacial score (nSPS) is 10.7. The van der Waals surface area contributed by atoms with Gasteiger partial charge in [0.05, 0.1) is 11.9 Å². The van der Waals surface area contributed by atoms with Crippen LogP contribution in [0.1, 0.15) is 17.7 Å². The van der Waals surface area contributed by atoms with Gasteiger partial charge in [0, 0.05) is 23.3 Å². The molecule has 21 heavy (non-hydrogen) atoms. The second-order valence-electron chi connectivity index (χ2n) is 4.46. The minimum absolute atomic E-state index is 0.0956. The summed E-state index contributed by atoms with van der Waals surface area (Å²) in [6.07, 6.45) is 3.64. The van der Waals surface area contributed by atoms with E-state index in [0.717, 1.165) is 5.75 Å². The molecule has 1 heterocycles. The van der Waals surface area contributed by atoms with Crippen LogP contribution in [0.4, 0.5) is 0 Å². The predicted molar refractivity (Wildman–Crippen MR) is 86.5 cm³/mol. The van der Waals surface area contributed by atoms with Gasteiger partial charge in [0.2, 0.25) is 5.91 Å². The lowest BCUT2D eigenvalue weighted by Gasteiger charge is -2.01. The van der Waals surface area contributed by atoms with E-state index in [9.17, 15) is 4.79 Å². The van der Waals surface area contributed by atoms with Gasteiger partial charge in [0.1, 0.15) is 0 Å². The van der Waals surface area contributed by atoms with Gasteiger partial charge in [0.25, 0.3) is 0 Å². The molecule has 0 spiro atoms. The van der Waals surface area contributed by atoms with Gasteiger partial charge in [-0.1, -0.05) is 23.8 Å². The number of thioether (sulfide) groups is 1. The molecule has 2 rings (SSSR count). The smallest absolute Gasteiger partial charge is 0.240 e. The maximum Gasteiger partial charge on any atom is 0.240 e. The largest absolute Gasteiger partial charge is 0.273 e. The molecular formula is C16H17N3OS. The van der Waals surface area contributed by atoms with Crippen LogP contribution < -0.4 is 5.43 Å². The predicted octanol–water partition coefficient (Wildman–Crippen LogP) is 3.02. The number of amides is 1. The van der Waals surface area contributed by atoms with E-state index >= 15 is 0 Å². The molecule has 108 valence electrons. The van der Waals surface area contributed by atoms with Crippen molar-refractivity contribution >= 4 is 23.9 Å². The molecule has 1 amide bonds. The van der Waals surface area contributed by atoms with Crippen LogP contribution in [0.15, 0.2) is 58.7 Å². The lowest BCUT2D eigenvalue weighted by Crippen LogP contribution is -2.17. The SMILES string of the molecule is Cc1ccc(SCCC(=O)N/N=C\c2ccccn2)cc1. The summed E-state index contributed by atoms with van der Waals surface area (Å²) in [4.78, 5) is 16.9. The average Bonchev–Trinajstić information content (AvgIpc) is 2.50. The third-order valence-corrected chi connectivity index (χ3v) is 3.71. The molecule has 0 fully saturated rings. The van der Waals surface area contributed by atoms with Crippen LogP contribution in [-0.4, -0.2) is 22.9 Å². The summed E-state index contributed by atoms with van der Waals surface area (Å²) in [6.45, 7) is 2.06. The van der Waals surface area contributed by atoms with E-state index in [1.54, 1.807) is 18.0 Å². The van der Waals surface area contributed by atoms with E-state index in [4.69, 9.17) is 0 Å². The Morgan fingerprint density at radius 1 is 1.29 bits per heavy atom. The molecule has 0 saturated heterocycles. The third kappa shape index (κ3) is 5.79. The van der Waals surface area contributed by atoms with Crippen LogP contribution in [0.2, 0.25) is 0 Å². The van der Waals surface area contributed by atoms with E-state index < -0.39 is 0 Å². The van der Waals surface area contributed by atoms with Crippen molar-refractivity contribution in [3.05, 3.63) is 59.9 Å². The lowest BCUT2D eigenvalue weighted by molar-refractivity contribution is -0.120. The maximum atomic E-state index is 11.6. The second kappa shape index (κ2) is 8.21. The fourth-order valence-electron chi connectivity index (χ4n) is 1.57. The fourth-order valence-corrected chi connectivity index (χ4v) is 2.43. The van der Waals surface area contributed by atoms with E-state index in [2.05, 4.69) is 46.7 Å². The quantitative estimate of drug-likeness (QED) is 0.507. The molecule has 4 nitrogen and oxygen atoms in total. The van der Waals surface area contributed by atoms with Gasteiger partial charge in [0.15, 0.2) is 0 Å². The van der Waals surface area contributed by atoms with Crippen molar-refractivity contribution in [2.75, 3.05) is 5.75 Å².